The molecule has 0 aliphatic carbocycles. The first kappa shape index (κ1) is 9.95. The monoisotopic (exact) mass is 152 g/mol. The molecule has 0 radical (unpaired) electrons. The third-order valence-electron chi connectivity index (χ3n) is 1.07. The number of unbranched alkanes of at least 4 members (excludes halogenated alkanes) is 1. The van der Waals surface area contributed by atoms with Crippen molar-refractivity contribution in [1.82, 2.24) is 5.32 Å². The lowest BCUT2D eigenvalue weighted by Crippen LogP contribution is -2.00. The second-order valence-corrected chi connectivity index (χ2v) is 2.14. The van der Waals surface area contributed by atoms with Gasteiger partial charge >= 0.3 is 0 Å². The number of nitrogens with one attached hydrogen (secondary N) is 1. The quantitative estimate of drug-likeness (QED) is 0.352. The fraction of sp³-hybridized carbons (Fsp3) is 0.444. The molecule has 0 saturated carbocycles. The molecule has 0 aromatic rings. The number of aliphatic imine (C=N–C) groups is 1. The number of hydrogen-bond donors (Lipinski definition) is 1. The highest BCUT2D eigenvalue weighted by Gasteiger charge is 1.70. The van der Waals surface area contributed by atoms with Gasteiger partial charge in [0.25, 0.3) is 0 Å². The van der Waals surface area contributed by atoms with E-state index in [1.54, 1.807) is 12.4 Å². The fourth-order valence-corrected chi connectivity index (χ4v) is 0.541. The number of rotatable bonds is 6. The Morgan fingerprint density at radius 1 is 1.55 bits per heavy atom. The molecule has 0 aromatic heterocycles. The van der Waals surface area contributed by atoms with Crippen LogP contribution in [0.3, 0.4) is 0 Å². The third kappa shape index (κ3) is 8.95. The molecule has 2 nitrogen and oxygen atoms in total. The van der Waals surface area contributed by atoms with Crippen LogP contribution in [-0.2, 0) is 0 Å². The molecule has 0 atom stereocenters. The van der Waals surface area contributed by atoms with Crippen LogP contribution < -0.4 is 5.32 Å². The van der Waals surface area contributed by atoms with Gasteiger partial charge in [-0.25, -0.2) is 0 Å². The summed E-state index contributed by atoms with van der Waals surface area (Å²) in [4.78, 5) is 3.98. The summed E-state index contributed by atoms with van der Waals surface area (Å²) in [6.45, 7) is 6.37. The van der Waals surface area contributed by atoms with E-state index in [0.717, 1.165) is 6.42 Å². The fourth-order valence-electron chi connectivity index (χ4n) is 0.541. The highest BCUT2D eigenvalue weighted by atomic mass is 14.9. The van der Waals surface area contributed by atoms with E-state index in [4.69, 9.17) is 0 Å². The predicted molar refractivity (Wildman–Crippen MR) is 50.7 cm³/mol. The van der Waals surface area contributed by atoms with Crippen molar-refractivity contribution in [3.05, 3.63) is 24.9 Å². The Morgan fingerprint density at radius 2 is 2.36 bits per heavy atom. The second-order valence-electron chi connectivity index (χ2n) is 2.14. The Balaban J connectivity index is 3.17. The van der Waals surface area contributed by atoms with Crippen LogP contribution in [0.5, 0.6) is 0 Å². The standard InChI is InChI=1S/C9H16N2/c1-3-5-6-8-11-9-10-7-4-2/h4,6,8-9H,2-3,5,7H2,1H3,(H,10,11)/b8-6+. The summed E-state index contributed by atoms with van der Waals surface area (Å²) < 4.78 is 0. The first-order valence-corrected chi connectivity index (χ1v) is 3.92. The van der Waals surface area contributed by atoms with E-state index in [1.165, 1.54) is 6.42 Å². The first-order valence-electron chi connectivity index (χ1n) is 3.92. The molecule has 0 aliphatic rings. The molecule has 0 rings (SSSR count). The molecular weight excluding hydrogens is 136 g/mol. The highest BCUT2D eigenvalue weighted by molar-refractivity contribution is 5.55. The van der Waals surface area contributed by atoms with Crippen molar-refractivity contribution in [2.45, 2.75) is 19.8 Å². The summed E-state index contributed by atoms with van der Waals surface area (Å²) in [6.07, 6.45) is 9.71. The molecular formula is C9H16N2. The molecule has 0 amide bonds. The van der Waals surface area contributed by atoms with E-state index < -0.39 is 0 Å². The SMILES string of the molecule is C=CCN=CN/C=C/CCC. The molecule has 0 fully saturated rings. The zero-order valence-electron chi connectivity index (χ0n) is 7.09. The predicted octanol–water partition coefficient (Wildman–Crippen LogP) is 2.10. The van der Waals surface area contributed by atoms with Gasteiger partial charge < -0.3 is 5.32 Å². The number of hydrogen-bond acceptors (Lipinski definition) is 1. The maximum absolute atomic E-state index is 3.98. The summed E-state index contributed by atoms with van der Waals surface area (Å²) in [7, 11) is 0. The van der Waals surface area contributed by atoms with Crippen LogP contribution in [0.15, 0.2) is 29.9 Å². The van der Waals surface area contributed by atoms with Crippen LogP contribution >= 0.6 is 0 Å². The van der Waals surface area contributed by atoms with Gasteiger partial charge in [-0.1, -0.05) is 25.5 Å². The maximum Gasteiger partial charge on any atom is 0.0867 e. The van der Waals surface area contributed by atoms with Crippen LogP contribution in [-0.4, -0.2) is 12.9 Å². The Labute approximate surface area is 68.7 Å². The largest absolute Gasteiger partial charge is 0.353 e. The van der Waals surface area contributed by atoms with Gasteiger partial charge in [0.05, 0.1) is 12.9 Å². The van der Waals surface area contributed by atoms with Crippen molar-refractivity contribution in [2.75, 3.05) is 6.54 Å². The molecule has 0 bridgehead atoms. The Hall–Kier alpha value is -1.05. The maximum atomic E-state index is 3.98. The van der Waals surface area contributed by atoms with Crippen LogP contribution in [0.1, 0.15) is 19.8 Å². The van der Waals surface area contributed by atoms with Gasteiger partial charge in [-0.05, 0) is 12.6 Å². The van der Waals surface area contributed by atoms with Gasteiger partial charge in [-0.15, -0.1) is 6.58 Å². The molecule has 0 aromatic carbocycles. The van der Waals surface area contributed by atoms with E-state index in [9.17, 15) is 0 Å². The average Bonchev–Trinajstić information content (AvgIpc) is 2.03. The molecule has 2 heteroatoms. The van der Waals surface area contributed by atoms with Crippen molar-refractivity contribution in [1.29, 1.82) is 0 Å². The average molecular weight is 152 g/mol. The Kier molecular flexibility index (Phi) is 8.10. The molecule has 0 spiro atoms. The zero-order valence-corrected chi connectivity index (χ0v) is 7.09. The zero-order chi connectivity index (χ0) is 8.36. The van der Waals surface area contributed by atoms with E-state index in [2.05, 4.69) is 29.9 Å². The lowest BCUT2D eigenvalue weighted by atomic mass is 10.3. The van der Waals surface area contributed by atoms with Crippen molar-refractivity contribution < 1.29 is 0 Å². The summed E-state index contributed by atoms with van der Waals surface area (Å²) in [5.41, 5.74) is 0. The van der Waals surface area contributed by atoms with Crippen LogP contribution in [0.2, 0.25) is 0 Å². The van der Waals surface area contributed by atoms with Gasteiger partial charge in [0.2, 0.25) is 0 Å². The highest BCUT2D eigenvalue weighted by Crippen LogP contribution is 1.85. The number of nitrogens with zero attached hydrogens (tertiary/aromatic N) is 1. The molecule has 62 valence electrons. The van der Waals surface area contributed by atoms with Gasteiger partial charge in [0, 0.05) is 0 Å². The topological polar surface area (TPSA) is 24.4 Å². The van der Waals surface area contributed by atoms with Crippen molar-refractivity contribution in [3.63, 3.8) is 0 Å². The molecule has 0 heterocycles. The number of allylic oxidation sites excluding steroid dienone is 1. The normalized spacial score (nSPS) is 11.0. The van der Waals surface area contributed by atoms with Gasteiger partial charge in [-0.3, -0.25) is 4.99 Å². The minimum Gasteiger partial charge on any atom is -0.353 e. The molecule has 11 heavy (non-hydrogen) atoms. The summed E-state index contributed by atoms with van der Waals surface area (Å²) in [5.74, 6) is 0. The van der Waals surface area contributed by atoms with Crippen LogP contribution in [0.4, 0.5) is 0 Å². The Bertz CT molecular complexity index is 136. The minimum absolute atomic E-state index is 0.675. The Morgan fingerprint density at radius 3 is 3.00 bits per heavy atom. The van der Waals surface area contributed by atoms with E-state index in [0.29, 0.717) is 6.54 Å². The molecule has 1 N–H and O–H groups in total. The van der Waals surface area contributed by atoms with Crippen molar-refractivity contribution in [2.24, 2.45) is 4.99 Å². The van der Waals surface area contributed by atoms with Crippen molar-refractivity contribution >= 4 is 6.34 Å². The van der Waals surface area contributed by atoms with Crippen LogP contribution in [0.25, 0.3) is 0 Å². The summed E-state index contributed by atoms with van der Waals surface area (Å²) >= 11 is 0. The molecule has 0 aliphatic heterocycles. The van der Waals surface area contributed by atoms with Gasteiger partial charge in [0.15, 0.2) is 0 Å². The second kappa shape index (κ2) is 8.95. The summed E-state index contributed by atoms with van der Waals surface area (Å²) in [6, 6.07) is 0. The lowest BCUT2D eigenvalue weighted by molar-refractivity contribution is 0.952. The third-order valence-corrected chi connectivity index (χ3v) is 1.07. The van der Waals surface area contributed by atoms with E-state index >= 15 is 0 Å². The summed E-state index contributed by atoms with van der Waals surface area (Å²) in [5, 5.41) is 2.94. The minimum atomic E-state index is 0.675. The first-order chi connectivity index (χ1) is 5.41. The van der Waals surface area contributed by atoms with Crippen molar-refractivity contribution in [3.8, 4) is 0 Å². The van der Waals surface area contributed by atoms with Crippen LogP contribution in [0, 0.1) is 0 Å². The van der Waals surface area contributed by atoms with E-state index in [-0.39, 0.29) is 0 Å². The van der Waals surface area contributed by atoms with Gasteiger partial charge in [0.1, 0.15) is 0 Å². The lowest BCUT2D eigenvalue weighted by Gasteiger charge is -1.87. The molecule has 0 unspecified atom stereocenters. The molecule has 0 saturated heterocycles. The smallest absolute Gasteiger partial charge is 0.0867 e. The van der Waals surface area contributed by atoms with E-state index in [1.807, 2.05) is 6.20 Å². The van der Waals surface area contributed by atoms with Gasteiger partial charge in [-0.2, -0.15) is 0 Å².